The van der Waals surface area contributed by atoms with E-state index in [1.54, 1.807) is 0 Å². The molecule has 2 aromatic carbocycles. The van der Waals surface area contributed by atoms with Gasteiger partial charge < -0.3 is 9.15 Å². The highest BCUT2D eigenvalue weighted by atomic mass is 35.5. The van der Waals surface area contributed by atoms with Crippen molar-refractivity contribution in [3.05, 3.63) is 75.4 Å². The van der Waals surface area contributed by atoms with Crippen molar-refractivity contribution in [1.29, 1.82) is 0 Å². The number of furan rings is 1. The number of carbonyl (C=O) groups excluding carboxylic acids is 1. The van der Waals surface area contributed by atoms with E-state index in [0.717, 1.165) is 0 Å². The Hall–Kier alpha value is -1.99. The molecule has 134 valence electrons. The summed E-state index contributed by atoms with van der Waals surface area (Å²) in [6, 6.07) is 12.2. The highest BCUT2D eigenvalue weighted by Gasteiger charge is 2.24. The van der Waals surface area contributed by atoms with Crippen LogP contribution in [0.25, 0.3) is 0 Å². The van der Waals surface area contributed by atoms with Crippen LogP contribution in [-0.4, -0.2) is 14.4 Å². The number of esters is 1. The zero-order valence-electron chi connectivity index (χ0n) is 12.8. The summed E-state index contributed by atoms with van der Waals surface area (Å²) in [6.07, 6.45) is 0. The number of hydrogen-bond acceptors (Lipinski definition) is 5. The number of hydrogen-bond donors (Lipinski definition) is 0. The number of sulfone groups is 1. The highest BCUT2D eigenvalue weighted by Crippen LogP contribution is 2.29. The summed E-state index contributed by atoms with van der Waals surface area (Å²) in [5.74, 6) is -1.12. The van der Waals surface area contributed by atoms with Crippen LogP contribution in [0.3, 0.4) is 0 Å². The first-order chi connectivity index (χ1) is 12.3. The molecule has 0 N–H and O–H groups in total. The van der Waals surface area contributed by atoms with Crippen LogP contribution in [0, 0.1) is 0 Å². The van der Waals surface area contributed by atoms with Gasteiger partial charge in [-0.2, -0.15) is 0 Å². The Balaban J connectivity index is 1.85. The van der Waals surface area contributed by atoms with E-state index in [-0.39, 0.29) is 21.4 Å². The molecule has 3 aromatic rings. The summed E-state index contributed by atoms with van der Waals surface area (Å²) >= 11 is 17.5. The maximum absolute atomic E-state index is 12.5. The molecule has 0 radical (unpaired) electrons. The molecule has 0 aliphatic rings. The summed E-state index contributed by atoms with van der Waals surface area (Å²) in [4.78, 5) is 12.1. The third kappa shape index (κ3) is 3.88. The molecule has 5 nitrogen and oxygen atoms in total. The molecule has 0 spiro atoms. The van der Waals surface area contributed by atoms with Crippen molar-refractivity contribution in [1.82, 2.24) is 0 Å². The molecule has 0 atom stereocenters. The molecule has 0 bridgehead atoms. The van der Waals surface area contributed by atoms with Crippen molar-refractivity contribution in [2.45, 2.75) is 9.99 Å². The average Bonchev–Trinajstić information content (AvgIpc) is 3.09. The van der Waals surface area contributed by atoms with Gasteiger partial charge in [-0.05, 0) is 54.6 Å². The first-order valence-corrected chi connectivity index (χ1v) is 9.67. The molecule has 1 aromatic heterocycles. The van der Waals surface area contributed by atoms with Gasteiger partial charge in [-0.3, -0.25) is 0 Å². The third-order valence-corrected chi connectivity index (χ3v) is 5.69. The minimum atomic E-state index is -3.93. The van der Waals surface area contributed by atoms with Gasteiger partial charge >= 0.3 is 5.97 Å². The minimum absolute atomic E-state index is 0.0167. The topological polar surface area (TPSA) is 73.6 Å². The number of benzene rings is 2. The fraction of sp³-hybridized carbons (Fsp3) is 0. The van der Waals surface area contributed by atoms with Crippen LogP contribution < -0.4 is 4.74 Å². The van der Waals surface area contributed by atoms with E-state index in [1.165, 1.54) is 54.6 Å². The van der Waals surface area contributed by atoms with Crippen molar-refractivity contribution < 1.29 is 22.4 Å². The van der Waals surface area contributed by atoms with Crippen molar-refractivity contribution in [2.75, 3.05) is 0 Å². The quantitative estimate of drug-likeness (QED) is 0.414. The normalized spacial score (nSPS) is 11.3. The van der Waals surface area contributed by atoms with Gasteiger partial charge in [0.15, 0.2) is 0 Å². The van der Waals surface area contributed by atoms with E-state index in [1.807, 2.05) is 0 Å². The van der Waals surface area contributed by atoms with Gasteiger partial charge in [-0.1, -0.05) is 34.8 Å². The van der Waals surface area contributed by atoms with E-state index in [0.29, 0.717) is 10.0 Å². The average molecular weight is 432 g/mol. The molecular weight excluding hydrogens is 423 g/mol. The molecule has 26 heavy (non-hydrogen) atoms. The van der Waals surface area contributed by atoms with Gasteiger partial charge in [-0.15, -0.1) is 0 Å². The molecule has 0 aliphatic heterocycles. The summed E-state index contributed by atoms with van der Waals surface area (Å²) in [6.45, 7) is 0. The lowest BCUT2D eigenvalue weighted by molar-refractivity contribution is 0.0695. The van der Waals surface area contributed by atoms with Crippen LogP contribution >= 0.6 is 34.8 Å². The van der Waals surface area contributed by atoms with Gasteiger partial charge in [-0.25, -0.2) is 13.2 Å². The maximum Gasteiger partial charge on any atom is 0.379 e. The summed E-state index contributed by atoms with van der Waals surface area (Å²) < 4.78 is 35.3. The summed E-state index contributed by atoms with van der Waals surface area (Å²) in [5, 5.41) is 0.511. The van der Waals surface area contributed by atoms with E-state index >= 15 is 0 Å². The van der Waals surface area contributed by atoms with Crippen LogP contribution in [0.4, 0.5) is 0 Å². The van der Waals surface area contributed by atoms with Crippen molar-refractivity contribution >= 4 is 50.6 Å². The Labute approximate surface area is 164 Å². The zero-order valence-corrected chi connectivity index (χ0v) is 15.9. The summed E-state index contributed by atoms with van der Waals surface area (Å²) in [5.41, 5.74) is 0. The molecule has 0 unspecified atom stereocenters. The smallest absolute Gasteiger partial charge is 0.379 e. The molecule has 0 fully saturated rings. The van der Waals surface area contributed by atoms with Crippen molar-refractivity contribution in [3.63, 3.8) is 0 Å². The fourth-order valence-electron chi connectivity index (χ4n) is 2.01. The second-order valence-corrected chi connectivity index (χ2v) is 8.20. The zero-order chi connectivity index (χ0) is 18.9. The van der Waals surface area contributed by atoms with E-state index < -0.39 is 20.9 Å². The van der Waals surface area contributed by atoms with E-state index in [9.17, 15) is 13.2 Å². The molecule has 3 rings (SSSR count). The van der Waals surface area contributed by atoms with Crippen molar-refractivity contribution in [3.8, 4) is 5.75 Å². The van der Waals surface area contributed by atoms with Crippen LogP contribution in [0.2, 0.25) is 15.1 Å². The molecule has 0 aliphatic carbocycles. The Kier molecular flexibility index (Phi) is 5.29. The molecular formula is C17H9Cl3O5S. The SMILES string of the molecule is O=C(Oc1ccc(Cl)cc1Cl)c1ccc(S(=O)(=O)c2ccc(Cl)cc2)o1. The number of halogens is 3. The lowest BCUT2D eigenvalue weighted by Gasteiger charge is -2.05. The first-order valence-electron chi connectivity index (χ1n) is 7.05. The molecule has 1 heterocycles. The number of rotatable bonds is 4. The predicted octanol–water partition coefficient (Wildman–Crippen LogP) is 5.29. The van der Waals surface area contributed by atoms with Gasteiger partial charge in [0, 0.05) is 10.0 Å². The Morgan fingerprint density at radius 2 is 1.54 bits per heavy atom. The standard InChI is InChI=1S/C17H9Cl3O5S/c18-10-1-4-12(5-2-10)26(22,23)16-8-7-15(24-16)17(21)25-14-6-3-11(19)9-13(14)20/h1-9H. The van der Waals surface area contributed by atoms with Crippen LogP contribution in [0.5, 0.6) is 5.75 Å². The second-order valence-electron chi connectivity index (χ2n) is 5.04. The minimum Gasteiger partial charge on any atom is -0.437 e. The molecule has 9 heteroatoms. The van der Waals surface area contributed by atoms with Crippen LogP contribution in [0.1, 0.15) is 10.6 Å². The molecule has 0 saturated carbocycles. The van der Waals surface area contributed by atoms with Gasteiger partial charge in [0.05, 0.1) is 9.92 Å². The van der Waals surface area contributed by atoms with E-state index in [4.69, 9.17) is 44.0 Å². The Bertz CT molecular complexity index is 1070. The van der Waals surface area contributed by atoms with Crippen LogP contribution in [-0.2, 0) is 9.84 Å². The summed E-state index contributed by atoms with van der Waals surface area (Å²) in [7, 11) is -3.93. The van der Waals surface area contributed by atoms with Gasteiger partial charge in [0.2, 0.25) is 20.7 Å². The fourth-order valence-corrected chi connectivity index (χ4v) is 3.76. The number of ether oxygens (including phenoxy) is 1. The van der Waals surface area contributed by atoms with Crippen molar-refractivity contribution in [2.24, 2.45) is 0 Å². The van der Waals surface area contributed by atoms with Gasteiger partial charge in [0.25, 0.3) is 0 Å². The molecule has 0 amide bonds. The van der Waals surface area contributed by atoms with Gasteiger partial charge in [0.1, 0.15) is 5.75 Å². The lowest BCUT2D eigenvalue weighted by atomic mass is 10.3. The Morgan fingerprint density at radius 1 is 0.885 bits per heavy atom. The Morgan fingerprint density at radius 3 is 2.19 bits per heavy atom. The largest absolute Gasteiger partial charge is 0.437 e. The second kappa shape index (κ2) is 7.32. The first kappa shape index (κ1) is 18.8. The predicted molar refractivity (Wildman–Crippen MR) is 97.0 cm³/mol. The molecule has 0 saturated heterocycles. The van der Waals surface area contributed by atoms with Crippen LogP contribution in [0.15, 0.2) is 69.0 Å². The van der Waals surface area contributed by atoms with E-state index in [2.05, 4.69) is 0 Å². The lowest BCUT2D eigenvalue weighted by Crippen LogP contribution is -2.08. The number of carbonyl (C=O) groups is 1. The maximum atomic E-state index is 12.5. The highest BCUT2D eigenvalue weighted by molar-refractivity contribution is 7.91. The third-order valence-electron chi connectivity index (χ3n) is 3.27. The monoisotopic (exact) mass is 430 g/mol.